The minimum atomic E-state index is -4.62. The Morgan fingerprint density at radius 2 is 1.23 bits per heavy atom. The van der Waals surface area contributed by atoms with E-state index in [1.54, 1.807) is 94.6 Å². The van der Waals surface area contributed by atoms with Crippen molar-refractivity contribution < 1.29 is 40.2 Å². The van der Waals surface area contributed by atoms with Crippen molar-refractivity contribution in [3.63, 3.8) is 0 Å². The van der Waals surface area contributed by atoms with Gasteiger partial charge in [-0.3, -0.25) is 9.88 Å². The van der Waals surface area contributed by atoms with Crippen molar-refractivity contribution in [1.29, 1.82) is 0 Å². The van der Waals surface area contributed by atoms with Crippen LogP contribution < -0.4 is 19.7 Å². The molecule has 0 bridgehead atoms. The van der Waals surface area contributed by atoms with E-state index in [1.165, 1.54) is 35.0 Å². The minimum Gasteiger partial charge on any atom is -0.480 e. The highest BCUT2D eigenvalue weighted by atomic mass is 19.4. The molecule has 0 radical (unpaired) electrons. The van der Waals surface area contributed by atoms with Crippen LogP contribution in [0, 0.1) is 5.82 Å². The lowest BCUT2D eigenvalue weighted by Crippen LogP contribution is -2.39. The second kappa shape index (κ2) is 25.3. The SMILES string of the molecule is COc1ncnc(C2CC2)c1C1=NC(N(Cc2ccc(-c3nc(C(F)(F)F)cn3C(C)C)cc2)Cc2cnn(C(C)Cc3nc(OC)c(-c4ncnc(N(Cc5ccc(-c6nc(C(F)(F)F)cn6C(C)C)cc5)Cc5ccc(F)cn5)n4)c(C4CC4)n3)n2)N=CN1. The van der Waals surface area contributed by atoms with Gasteiger partial charge >= 0.3 is 12.4 Å². The van der Waals surface area contributed by atoms with E-state index < -0.39 is 35.8 Å². The van der Waals surface area contributed by atoms with Crippen LogP contribution in [0.3, 0.4) is 0 Å². The van der Waals surface area contributed by atoms with Crippen LogP contribution in [0.2, 0.25) is 0 Å². The summed E-state index contributed by atoms with van der Waals surface area (Å²) in [6.07, 6.45) is 3.20. The lowest BCUT2D eigenvalue weighted by atomic mass is 10.1. The van der Waals surface area contributed by atoms with E-state index in [9.17, 15) is 30.7 Å². The van der Waals surface area contributed by atoms with E-state index in [0.29, 0.717) is 63.3 Å². The Bertz CT molecular complexity index is 4120. The van der Waals surface area contributed by atoms with Crippen molar-refractivity contribution in [2.24, 2.45) is 9.98 Å². The van der Waals surface area contributed by atoms with E-state index in [4.69, 9.17) is 44.6 Å². The molecular formula is C62H63F7N20O2. The molecular weight excluding hydrogens is 1190 g/mol. The number of hydrogen-bond acceptors (Lipinski definition) is 19. The fourth-order valence-electron chi connectivity index (χ4n) is 10.8. The number of methoxy groups -OCH3 is 2. The Morgan fingerprint density at radius 1 is 0.615 bits per heavy atom. The summed E-state index contributed by atoms with van der Waals surface area (Å²) in [4.78, 5) is 60.8. The molecule has 2 aromatic carbocycles. The van der Waals surface area contributed by atoms with Crippen molar-refractivity contribution in [1.82, 2.24) is 84.2 Å². The Kier molecular flexibility index (Phi) is 17.1. The zero-order valence-corrected chi connectivity index (χ0v) is 50.6. The van der Waals surface area contributed by atoms with Crippen LogP contribution in [-0.4, -0.2) is 112 Å². The molecule has 9 aromatic rings. The smallest absolute Gasteiger partial charge is 0.434 e. The fraction of sp³-hybridized carbons (Fsp3) is 0.387. The Labute approximate surface area is 517 Å². The first-order valence-corrected chi connectivity index (χ1v) is 29.6. The third kappa shape index (κ3) is 13.7. The number of nitrogens with one attached hydrogen (secondary N) is 1. The highest BCUT2D eigenvalue weighted by Gasteiger charge is 2.38. The summed E-state index contributed by atoms with van der Waals surface area (Å²) < 4.78 is 112. The van der Waals surface area contributed by atoms with Crippen LogP contribution >= 0.6 is 0 Å². The van der Waals surface area contributed by atoms with Crippen molar-refractivity contribution in [3.8, 4) is 45.9 Å². The molecule has 12 rings (SSSR count). The molecule has 0 spiro atoms. The second-order valence-corrected chi connectivity index (χ2v) is 23.2. The van der Waals surface area contributed by atoms with E-state index in [0.717, 1.165) is 61.1 Å². The van der Waals surface area contributed by atoms with Crippen LogP contribution in [0.15, 0.2) is 108 Å². The predicted molar refractivity (Wildman–Crippen MR) is 320 cm³/mol. The second-order valence-electron chi connectivity index (χ2n) is 23.2. The molecule has 22 nitrogen and oxygen atoms in total. The summed E-state index contributed by atoms with van der Waals surface area (Å²) in [5.41, 5.74) is 4.40. The van der Waals surface area contributed by atoms with Crippen LogP contribution in [0.1, 0.15) is 147 Å². The van der Waals surface area contributed by atoms with Crippen molar-refractivity contribution in [2.45, 2.75) is 142 Å². The van der Waals surface area contributed by atoms with Gasteiger partial charge in [-0.15, -0.1) is 0 Å². The number of hydrogen-bond donors (Lipinski definition) is 1. The molecule has 3 aliphatic rings. The van der Waals surface area contributed by atoms with Crippen molar-refractivity contribution >= 4 is 18.1 Å². The summed E-state index contributed by atoms with van der Waals surface area (Å²) >= 11 is 0. The summed E-state index contributed by atoms with van der Waals surface area (Å²) in [6.45, 7) is 9.96. The number of benzene rings is 2. The van der Waals surface area contributed by atoms with Gasteiger partial charge in [-0.05, 0) is 83.6 Å². The lowest BCUT2D eigenvalue weighted by molar-refractivity contribution is -0.141. The standard InChI is InChI=1S/C62H63F7N20O2/c1-34(2)87-29-46(61(64,65)66)78-55(87)41-12-8-37(9-13-41)25-85(27-44-21-20-43(63)23-70-44)59-75-33-73-54(83-59)50-52(40-18-19-40)80-48(81-58(50)91-7)22-36(5)89-77-24-45(84-89)28-86(60-76-32-72-53(82-60)49-51(39-16-17-39)71-31-74-57(49)90-6)26-38-10-14-42(15-11-38)56-79-47(62(67,68)69)30-88(56)35(3)4/h8-15,20-21,23-24,29-36,39-40,60H,16-19,22,25-28H2,1-7H3,(H,72,76,82). The first-order valence-electron chi connectivity index (χ1n) is 29.6. The van der Waals surface area contributed by atoms with Gasteiger partial charge < -0.3 is 28.8 Å². The van der Waals surface area contributed by atoms with Gasteiger partial charge in [0, 0.05) is 73.5 Å². The van der Waals surface area contributed by atoms with Crippen LogP contribution in [0.4, 0.5) is 36.7 Å². The molecule has 91 heavy (non-hydrogen) atoms. The summed E-state index contributed by atoms with van der Waals surface area (Å²) in [6, 6.07) is 16.2. The maximum absolute atomic E-state index is 14.1. The molecule has 0 saturated heterocycles. The lowest BCUT2D eigenvalue weighted by Gasteiger charge is -2.28. The topological polar surface area (TPSA) is 231 Å². The molecule has 2 aliphatic carbocycles. The highest BCUT2D eigenvalue weighted by molar-refractivity contribution is 6.07. The molecule has 1 aliphatic heterocycles. The molecule has 7 aromatic heterocycles. The molecule has 2 saturated carbocycles. The quantitative estimate of drug-likeness (QED) is 0.0587. The number of amidine groups is 1. The number of aromatic nitrogens is 15. The number of anilines is 1. The summed E-state index contributed by atoms with van der Waals surface area (Å²) in [7, 11) is 3.06. The molecule has 2 atom stereocenters. The largest absolute Gasteiger partial charge is 0.480 e. The molecule has 0 amide bonds. The monoisotopic (exact) mass is 1250 g/mol. The predicted octanol–water partition coefficient (Wildman–Crippen LogP) is 11.3. The van der Waals surface area contributed by atoms with Crippen LogP contribution in [0.5, 0.6) is 11.8 Å². The maximum atomic E-state index is 14.1. The van der Waals surface area contributed by atoms with E-state index in [1.807, 2.05) is 28.9 Å². The van der Waals surface area contributed by atoms with Crippen LogP contribution in [0.25, 0.3) is 34.2 Å². The third-order valence-corrected chi connectivity index (χ3v) is 15.7. The van der Waals surface area contributed by atoms with E-state index >= 15 is 0 Å². The van der Waals surface area contributed by atoms with Crippen LogP contribution in [-0.2, 0) is 45.0 Å². The first kappa shape index (κ1) is 61.6. The number of aliphatic imine (C=N–C) groups is 2. The zero-order valence-electron chi connectivity index (χ0n) is 50.6. The Morgan fingerprint density at radius 3 is 1.81 bits per heavy atom. The fourth-order valence-corrected chi connectivity index (χ4v) is 10.8. The van der Waals surface area contributed by atoms with Gasteiger partial charge in [0.15, 0.2) is 17.2 Å². The van der Waals surface area contributed by atoms with Gasteiger partial charge in [0.25, 0.3) is 0 Å². The number of rotatable bonds is 23. The number of imidazole rings is 2. The summed E-state index contributed by atoms with van der Waals surface area (Å²) in [5, 5.41) is 12.9. The number of halogens is 7. The normalized spacial score (nSPS) is 15.6. The molecule has 2 fully saturated rings. The number of nitrogens with zero attached hydrogens (tertiary/aromatic N) is 19. The highest BCUT2D eigenvalue weighted by Crippen LogP contribution is 2.46. The van der Waals surface area contributed by atoms with Crippen molar-refractivity contribution in [3.05, 3.63) is 161 Å². The Balaban J connectivity index is 0.807. The van der Waals surface area contributed by atoms with E-state index in [-0.39, 0.29) is 85.4 Å². The first-order chi connectivity index (χ1) is 43.7. The van der Waals surface area contributed by atoms with Gasteiger partial charge in [0.2, 0.25) is 24.0 Å². The molecule has 472 valence electrons. The minimum absolute atomic E-state index is 0.0522. The zero-order chi connectivity index (χ0) is 63.9. The van der Waals surface area contributed by atoms with Crippen molar-refractivity contribution in [2.75, 3.05) is 19.1 Å². The van der Waals surface area contributed by atoms with Gasteiger partial charge in [-0.25, -0.2) is 49.3 Å². The maximum Gasteiger partial charge on any atom is 0.434 e. The van der Waals surface area contributed by atoms with E-state index in [2.05, 4.69) is 40.2 Å². The van der Waals surface area contributed by atoms with Gasteiger partial charge in [-0.1, -0.05) is 48.5 Å². The molecule has 8 heterocycles. The molecule has 2 unspecified atom stereocenters. The molecule has 1 N–H and O–H groups in total. The van der Waals surface area contributed by atoms with Gasteiger partial charge in [-0.2, -0.15) is 51.3 Å². The average Bonchev–Trinajstić information content (AvgIpc) is 1.81. The number of alkyl halides is 6. The molecule has 29 heteroatoms. The summed E-state index contributed by atoms with van der Waals surface area (Å²) in [5.74, 6) is 2.21. The number of pyridine rings is 1. The third-order valence-electron chi connectivity index (χ3n) is 15.7. The average molecular weight is 1250 g/mol. The number of ether oxygens (including phenoxy) is 2. The van der Waals surface area contributed by atoms with Gasteiger partial charge in [0.1, 0.15) is 52.9 Å². The Hall–Kier alpha value is -9.67. The van der Waals surface area contributed by atoms with Gasteiger partial charge in [0.05, 0.1) is 68.3 Å².